The van der Waals surface area contributed by atoms with Crippen molar-refractivity contribution in [3.63, 3.8) is 0 Å². The Labute approximate surface area is 127 Å². The highest BCUT2D eigenvalue weighted by Crippen LogP contribution is 2.15. The molecule has 0 fully saturated rings. The van der Waals surface area contributed by atoms with Crippen LogP contribution in [0.15, 0.2) is 40.4 Å². The average Bonchev–Trinajstić information content (AvgIpc) is 2.82. The van der Waals surface area contributed by atoms with Gasteiger partial charge in [-0.15, -0.1) is 0 Å². The lowest BCUT2D eigenvalue weighted by atomic mass is 10.3. The van der Waals surface area contributed by atoms with Crippen molar-refractivity contribution in [3.05, 3.63) is 46.8 Å². The first kappa shape index (κ1) is 15.8. The molecule has 0 aliphatic rings. The van der Waals surface area contributed by atoms with Crippen LogP contribution < -0.4 is 5.56 Å². The molecule has 0 amide bonds. The second-order valence-corrected chi connectivity index (χ2v) is 7.12. The molecule has 6 nitrogen and oxygen atoms in total. The third kappa shape index (κ3) is 3.95. The van der Waals surface area contributed by atoms with Gasteiger partial charge in [-0.25, -0.2) is 13.4 Å². The zero-order valence-electron chi connectivity index (χ0n) is 11.6. The van der Waals surface area contributed by atoms with Gasteiger partial charge in [0.15, 0.2) is 5.03 Å². The van der Waals surface area contributed by atoms with Gasteiger partial charge in [-0.05, 0) is 12.5 Å². The predicted octanol–water partition coefficient (Wildman–Crippen LogP) is 1.62. The highest BCUT2D eigenvalue weighted by Gasteiger charge is 2.17. The summed E-state index contributed by atoms with van der Waals surface area (Å²) in [5, 5.41) is -0.145. The van der Waals surface area contributed by atoms with E-state index in [1.54, 1.807) is 27.5 Å². The molecule has 0 atom stereocenters. The first-order valence-electron chi connectivity index (χ1n) is 6.58. The van der Waals surface area contributed by atoms with Crippen molar-refractivity contribution in [3.8, 4) is 0 Å². The lowest BCUT2D eigenvalue weighted by Gasteiger charge is -2.08. The van der Waals surface area contributed by atoms with Crippen molar-refractivity contribution < 1.29 is 8.42 Å². The molecule has 0 unspecified atom stereocenters. The van der Waals surface area contributed by atoms with Gasteiger partial charge in [-0.1, -0.05) is 13.0 Å². The van der Waals surface area contributed by atoms with Gasteiger partial charge < -0.3 is 9.13 Å². The normalized spacial score (nSPS) is 11.7. The molecule has 0 saturated carbocycles. The monoisotopic (exact) mass is 329 g/mol. The Kier molecular flexibility index (Phi) is 4.84. The molecular weight excluding hydrogens is 314 g/mol. The number of hydrogen-bond acceptors (Lipinski definition) is 4. The Balaban J connectivity index is 2.25. The van der Waals surface area contributed by atoms with E-state index in [4.69, 9.17) is 10.7 Å². The Morgan fingerprint density at radius 3 is 2.57 bits per heavy atom. The summed E-state index contributed by atoms with van der Waals surface area (Å²) in [6.45, 7) is 2.88. The molecule has 8 heteroatoms. The molecule has 0 saturated heterocycles. The van der Waals surface area contributed by atoms with E-state index in [9.17, 15) is 13.2 Å². The largest absolute Gasteiger partial charge is 0.332 e. The van der Waals surface area contributed by atoms with Gasteiger partial charge in [-0.2, -0.15) is 0 Å². The van der Waals surface area contributed by atoms with Crippen LogP contribution in [0.3, 0.4) is 0 Å². The van der Waals surface area contributed by atoms with Gasteiger partial charge in [0.1, 0.15) is 5.82 Å². The maximum atomic E-state index is 11.6. The highest BCUT2D eigenvalue weighted by atomic mass is 35.7. The number of aromatic nitrogens is 3. The molecule has 0 aromatic carbocycles. The Morgan fingerprint density at radius 1 is 1.24 bits per heavy atom. The van der Waals surface area contributed by atoms with Crippen LogP contribution in [0, 0.1) is 0 Å². The second-order valence-electron chi connectivity index (χ2n) is 4.61. The van der Waals surface area contributed by atoms with Crippen LogP contribution in [0.25, 0.3) is 0 Å². The molecule has 0 bridgehead atoms. The number of nitrogens with zero attached hydrogens (tertiary/aromatic N) is 3. The maximum absolute atomic E-state index is 11.6. The molecule has 114 valence electrons. The molecule has 0 spiro atoms. The number of hydrogen-bond donors (Lipinski definition) is 0. The first-order valence-corrected chi connectivity index (χ1v) is 8.89. The van der Waals surface area contributed by atoms with Crippen molar-refractivity contribution in [2.24, 2.45) is 0 Å². The van der Waals surface area contributed by atoms with Gasteiger partial charge in [0.05, 0.1) is 0 Å². The molecule has 0 radical (unpaired) electrons. The summed E-state index contributed by atoms with van der Waals surface area (Å²) in [5.41, 5.74) is -0.0974. The van der Waals surface area contributed by atoms with Crippen molar-refractivity contribution in [1.82, 2.24) is 14.1 Å². The van der Waals surface area contributed by atoms with E-state index >= 15 is 0 Å². The molecule has 0 aliphatic carbocycles. The fourth-order valence-corrected chi connectivity index (χ4v) is 2.71. The van der Waals surface area contributed by atoms with E-state index in [0.29, 0.717) is 25.3 Å². The summed E-state index contributed by atoms with van der Waals surface area (Å²) < 4.78 is 26.0. The Hall–Kier alpha value is -1.60. The second kappa shape index (κ2) is 6.44. The van der Waals surface area contributed by atoms with E-state index in [1.165, 1.54) is 12.3 Å². The van der Waals surface area contributed by atoms with E-state index in [2.05, 4.69) is 4.98 Å². The average molecular weight is 330 g/mol. The zero-order chi connectivity index (χ0) is 15.5. The van der Waals surface area contributed by atoms with Crippen LogP contribution in [-0.4, -0.2) is 22.5 Å². The zero-order valence-corrected chi connectivity index (χ0v) is 13.1. The number of pyridine rings is 1. The molecule has 2 rings (SSSR count). The van der Waals surface area contributed by atoms with Gasteiger partial charge in [0, 0.05) is 48.7 Å². The number of halogens is 1. The van der Waals surface area contributed by atoms with Crippen molar-refractivity contribution >= 4 is 19.7 Å². The molecule has 2 aromatic heterocycles. The quantitative estimate of drug-likeness (QED) is 0.755. The van der Waals surface area contributed by atoms with E-state index in [-0.39, 0.29) is 10.6 Å². The van der Waals surface area contributed by atoms with Crippen LogP contribution in [0.5, 0.6) is 0 Å². The van der Waals surface area contributed by atoms with E-state index in [1.807, 2.05) is 6.92 Å². The smallest absolute Gasteiger partial charge is 0.280 e. The van der Waals surface area contributed by atoms with Crippen molar-refractivity contribution in [2.75, 3.05) is 0 Å². The summed E-state index contributed by atoms with van der Waals surface area (Å²) in [5.74, 6) is 0.653. The molecule has 2 heterocycles. The SMILES string of the molecule is CCCc1nc(S(=O)(=O)Cl)cn1CCn1ccccc1=O. The summed E-state index contributed by atoms with van der Waals surface area (Å²) in [6, 6.07) is 4.93. The van der Waals surface area contributed by atoms with Crippen molar-refractivity contribution in [2.45, 2.75) is 37.9 Å². The number of rotatable bonds is 6. The fourth-order valence-electron chi connectivity index (χ4n) is 2.02. The summed E-state index contributed by atoms with van der Waals surface area (Å²) in [7, 11) is 1.49. The van der Waals surface area contributed by atoms with Gasteiger partial charge in [0.25, 0.3) is 14.6 Å². The van der Waals surface area contributed by atoms with Crippen LogP contribution in [0.1, 0.15) is 19.2 Å². The van der Waals surface area contributed by atoms with Gasteiger partial charge in [-0.3, -0.25) is 4.79 Å². The molecule has 0 aliphatic heterocycles. The topological polar surface area (TPSA) is 74.0 Å². The minimum Gasteiger partial charge on any atom is -0.332 e. The maximum Gasteiger partial charge on any atom is 0.280 e. The van der Waals surface area contributed by atoms with Crippen LogP contribution >= 0.6 is 10.7 Å². The standard InChI is InChI=1S/C13H16ClN3O3S/c1-2-5-11-15-12(21(14,19)20)10-17(11)9-8-16-7-4-3-6-13(16)18/h3-4,6-7,10H,2,5,8-9H2,1H3. The summed E-state index contributed by atoms with van der Waals surface area (Å²) in [4.78, 5) is 15.7. The number of imidazole rings is 1. The lowest BCUT2D eigenvalue weighted by molar-refractivity contribution is 0.545. The Bertz CT molecular complexity index is 780. The summed E-state index contributed by atoms with van der Waals surface area (Å²) >= 11 is 0. The minimum atomic E-state index is -3.84. The number of aryl methyl sites for hydroxylation is 3. The first-order chi connectivity index (χ1) is 9.91. The third-order valence-electron chi connectivity index (χ3n) is 3.04. The predicted molar refractivity (Wildman–Crippen MR) is 80.0 cm³/mol. The molecule has 2 aromatic rings. The van der Waals surface area contributed by atoms with E-state index in [0.717, 1.165) is 6.42 Å². The minimum absolute atomic E-state index is 0.0974. The fraction of sp³-hybridized carbons (Fsp3) is 0.385. The van der Waals surface area contributed by atoms with E-state index < -0.39 is 9.05 Å². The third-order valence-corrected chi connectivity index (χ3v) is 4.21. The van der Waals surface area contributed by atoms with Crippen LogP contribution in [-0.2, 0) is 28.6 Å². The summed E-state index contributed by atoms with van der Waals surface area (Å²) in [6.07, 6.45) is 4.60. The van der Waals surface area contributed by atoms with Crippen LogP contribution in [0.2, 0.25) is 0 Å². The van der Waals surface area contributed by atoms with Gasteiger partial charge >= 0.3 is 0 Å². The van der Waals surface area contributed by atoms with Crippen molar-refractivity contribution in [1.29, 1.82) is 0 Å². The van der Waals surface area contributed by atoms with Gasteiger partial charge in [0.2, 0.25) is 0 Å². The highest BCUT2D eigenvalue weighted by molar-refractivity contribution is 8.13. The Morgan fingerprint density at radius 2 is 1.95 bits per heavy atom. The van der Waals surface area contributed by atoms with Crippen LogP contribution in [0.4, 0.5) is 0 Å². The molecule has 21 heavy (non-hydrogen) atoms. The molecular formula is C13H16ClN3O3S. The lowest BCUT2D eigenvalue weighted by Crippen LogP contribution is -2.20. The molecule has 0 N–H and O–H groups in total.